The van der Waals surface area contributed by atoms with Crippen molar-refractivity contribution in [1.82, 2.24) is 5.32 Å². The van der Waals surface area contributed by atoms with E-state index in [-0.39, 0.29) is 30.1 Å². The zero-order valence-electron chi connectivity index (χ0n) is 17.9. The van der Waals surface area contributed by atoms with Crippen molar-refractivity contribution in [2.75, 3.05) is 11.9 Å². The molecule has 2 rings (SSSR count). The molecule has 1 unspecified atom stereocenters. The van der Waals surface area contributed by atoms with Gasteiger partial charge in [0.1, 0.15) is 11.5 Å². The van der Waals surface area contributed by atoms with Gasteiger partial charge in [0.2, 0.25) is 5.91 Å². The van der Waals surface area contributed by atoms with Crippen molar-refractivity contribution in [2.45, 2.75) is 46.6 Å². The van der Waals surface area contributed by atoms with Crippen LogP contribution in [0.1, 0.15) is 44.7 Å². The minimum absolute atomic E-state index is 0.0144. The van der Waals surface area contributed by atoms with Crippen molar-refractivity contribution in [2.24, 2.45) is 5.92 Å². The lowest BCUT2D eigenvalue weighted by atomic mass is 10.1. The standard InChI is InChI=1S/C24H30N2O4/c1-4-17(2)24(29)26-21-7-5-6-20(14-21)15-25-23(28)16-30-22-12-10-19(11-13-22)9-8-18(3)27/h5-7,10-14,17H,4,8-9,15-16H2,1-3H3,(H,25,28)(H,26,29). The minimum atomic E-state index is -0.232. The number of Topliss-reactive ketones (excluding diaryl/α,β-unsaturated/α-hetero) is 1. The molecule has 0 aliphatic rings. The largest absolute Gasteiger partial charge is 0.484 e. The Morgan fingerprint density at radius 1 is 1.03 bits per heavy atom. The Morgan fingerprint density at radius 2 is 1.77 bits per heavy atom. The van der Waals surface area contributed by atoms with Crippen molar-refractivity contribution >= 4 is 23.3 Å². The predicted molar refractivity (Wildman–Crippen MR) is 117 cm³/mol. The van der Waals surface area contributed by atoms with Crippen LogP contribution in [0.4, 0.5) is 5.69 Å². The van der Waals surface area contributed by atoms with Crippen molar-refractivity contribution < 1.29 is 19.1 Å². The van der Waals surface area contributed by atoms with E-state index in [2.05, 4.69) is 10.6 Å². The average Bonchev–Trinajstić information content (AvgIpc) is 2.75. The second-order valence-corrected chi connectivity index (χ2v) is 7.41. The third-order valence-electron chi connectivity index (χ3n) is 4.80. The molecule has 0 bridgehead atoms. The van der Waals surface area contributed by atoms with Crippen LogP contribution in [0.15, 0.2) is 48.5 Å². The Hall–Kier alpha value is -3.15. The highest BCUT2D eigenvalue weighted by atomic mass is 16.5. The topological polar surface area (TPSA) is 84.5 Å². The molecular formula is C24H30N2O4. The molecule has 0 aliphatic heterocycles. The molecule has 30 heavy (non-hydrogen) atoms. The van der Waals surface area contributed by atoms with Crippen LogP contribution in [0, 0.1) is 5.92 Å². The van der Waals surface area contributed by atoms with Gasteiger partial charge in [0.15, 0.2) is 6.61 Å². The van der Waals surface area contributed by atoms with Gasteiger partial charge in [-0.05, 0) is 55.2 Å². The van der Waals surface area contributed by atoms with Gasteiger partial charge in [-0.15, -0.1) is 0 Å². The lowest BCUT2D eigenvalue weighted by Gasteiger charge is -2.12. The smallest absolute Gasteiger partial charge is 0.258 e. The number of amides is 2. The summed E-state index contributed by atoms with van der Waals surface area (Å²) < 4.78 is 5.52. The molecule has 0 radical (unpaired) electrons. The van der Waals surface area contributed by atoms with E-state index in [1.54, 1.807) is 19.1 Å². The number of carbonyl (C=O) groups excluding carboxylic acids is 3. The quantitative estimate of drug-likeness (QED) is 0.589. The first-order chi connectivity index (χ1) is 14.4. The zero-order chi connectivity index (χ0) is 21.9. The fourth-order valence-electron chi connectivity index (χ4n) is 2.68. The number of anilines is 1. The van der Waals surface area contributed by atoms with Gasteiger partial charge in [0.05, 0.1) is 0 Å². The number of rotatable bonds is 11. The second-order valence-electron chi connectivity index (χ2n) is 7.41. The van der Waals surface area contributed by atoms with E-state index in [1.807, 2.05) is 50.2 Å². The molecule has 2 aromatic carbocycles. The number of hydrogen-bond acceptors (Lipinski definition) is 4. The van der Waals surface area contributed by atoms with Gasteiger partial charge in [-0.1, -0.05) is 38.1 Å². The summed E-state index contributed by atoms with van der Waals surface area (Å²) in [6.07, 6.45) is 2.00. The van der Waals surface area contributed by atoms with Crippen LogP contribution in [0.3, 0.4) is 0 Å². The highest BCUT2D eigenvalue weighted by molar-refractivity contribution is 5.92. The van der Waals surface area contributed by atoms with Crippen LogP contribution in [0.2, 0.25) is 0 Å². The van der Waals surface area contributed by atoms with Gasteiger partial charge in [0.25, 0.3) is 5.91 Å². The molecule has 2 aromatic rings. The molecule has 2 N–H and O–H groups in total. The molecule has 1 atom stereocenters. The Balaban J connectivity index is 1.77. The number of ether oxygens (including phenoxy) is 1. The Morgan fingerprint density at radius 3 is 2.43 bits per heavy atom. The number of ketones is 1. The van der Waals surface area contributed by atoms with E-state index in [0.29, 0.717) is 30.8 Å². The number of carbonyl (C=O) groups is 3. The van der Waals surface area contributed by atoms with Crippen LogP contribution < -0.4 is 15.4 Å². The molecule has 0 saturated carbocycles. The summed E-state index contributed by atoms with van der Waals surface area (Å²) in [5, 5.41) is 5.71. The van der Waals surface area contributed by atoms with Crippen LogP contribution in [0.5, 0.6) is 5.75 Å². The molecule has 0 fully saturated rings. The summed E-state index contributed by atoms with van der Waals surface area (Å²) in [6, 6.07) is 14.8. The first-order valence-corrected chi connectivity index (χ1v) is 10.2. The van der Waals surface area contributed by atoms with Gasteiger partial charge in [-0.25, -0.2) is 0 Å². The Labute approximate surface area is 178 Å². The Kier molecular flexibility index (Phi) is 9.06. The summed E-state index contributed by atoms with van der Waals surface area (Å²) in [5.41, 5.74) is 2.66. The SMILES string of the molecule is CCC(C)C(=O)Nc1cccc(CNC(=O)COc2ccc(CCC(C)=O)cc2)c1. The van der Waals surface area contributed by atoms with Gasteiger partial charge >= 0.3 is 0 Å². The lowest BCUT2D eigenvalue weighted by molar-refractivity contribution is -0.123. The summed E-state index contributed by atoms with van der Waals surface area (Å²) in [6.45, 7) is 5.70. The van der Waals surface area contributed by atoms with Crippen LogP contribution in [-0.2, 0) is 27.3 Å². The van der Waals surface area contributed by atoms with Crippen molar-refractivity contribution in [3.8, 4) is 5.75 Å². The fourth-order valence-corrected chi connectivity index (χ4v) is 2.68. The summed E-state index contributed by atoms with van der Waals surface area (Å²) in [5.74, 6) is 0.472. The molecule has 6 heteroatoms. The van der Waals surface area contributed by atoms with Gasteiger partial charge in [-0.3, -0.25) is 9.59 Å². The predicted octanol–water partition coefficient (Wildman–Crippen LogP) is 3.89. The number of aryl methyl sites for hydroxylation is 1. The fraction of sp³-hybridized carbons (Fsp3) is 0.375. The van der Waals surface area contributed by atoms with Crippen molar-refractivity contribution in [1.29, 1.82) is 0 Å². The third kappa shape index (κ3) is 8.07. The number of hydrogen-bond donors (Lipinski definition) is 2. The molecule has 2 amide bonds. The van der Waals surface area contributed by atoms with Crippen molar-refractivity contribution in [3.05, 3.63) is 59.7 Å². The van der Waals surface area contributed by atoms with Gasteiger partial charge in [-0.2, -0.15) is 0 Å². The summed E-state index contributed by atoms with van der Waals surface area (Å²) in [7, 11) is 0. The maximum Gasteiger partial charge on any atom is 0.258 e. The van der Waals surface area contributed by atoms with E-state index in [1.165, 1.54) is 0 Å². The maximum absolute atomic E-state index is 12.1. The van der Waals surface area contributed by atoms with Gasteiger partial charge < -0.3 is 20.2 Å². The second kappa shape index (κ2) is 11.8. The summed E-state index contributed by atoms with van der Waals surface area (Å²) in [4.78, 5) is 35.1. The first-order valence-electron chi connectivity index (χ1n) is 10.2. The zero-order valence-corrected chi connectivity index (χ0v) is 17.9. The lowest BCUT2D eigenvalue weighted by Crippen LogP contribution is -2.28. The Bertz CT molecular complexity index is 862. The van der Waals surface area contributed by atoms with E-state index in [4.69, 9.17) is 4.74 Å². The third-order valence-corrected chi connectivity index (χ3v) is 4.80. The number of benzene rings is 2. The molecule has 0 saturated heterocycles. The first kappa shape index (κ1) is 23.1. The van der Waals surface area contributed by atoms with Crippen molar-refractivity contribution in [3.63, 3.8) is 0 Å². The molecule has 6 nitrogen and oxygen atoms in total. The minimum Gasteiger partial charge on any atom is -0.484 e. The van der Waals surface area contributed by atoms with Gasteiger partial charge in [0, 0.05) is 24.6 Å². The van der Waals surface area contributed by atoms with E-state index in [9.17, 15) is 14.4 Å². The molecule has 0 heterocycles. The summed E-state index contributed by atoms with van der Waals surface area (Å²) >= 11 is 0. The molecule has 0 aromatic heterocycles. The van der Waals surface area contributed by atoms with Crippen LogP contribution in [-0.4, -0.2) is 24.2 Å². The normalized spacial score (nSPS) is 11.4. The maximum atomic E-state index is 12.1. The monoisotopic (exact) mass is 410 g/mol. The molecule has 0 spiro atoms. The van der Waals surface area contributed by atoms with Crippen LogP contribution in [0.25, 0.3) is 0 Å². The van der Waals surface area contributed by atoms with E-state index < -0.39 is 0 Å². The molecular weight excluding hydrogens is 380 g/mol. The molecule has 0 aliphatic carbocycles. The molecule has 160 valence electrons. The highest BCUT2D eigenvalue weighted by Crippen LogP contribution is 2.14. The van der Waals surface area contributed by atoms with E-state index in [0.717, 1.165) is 17.5 Å². The van der Waals surface area contributed by atoms with E-state index >= 15 is 0 Å². The number of nitrogens with one attached hydrogen (secondary N) is 2. The van der Waals surface area contributed by atoms with Crippen LogP contribution >= 0.6 is 0 Å². The highest BCUT2D eigenvalue weighted by Gasteiger charge is 2.11. The average molecular weight is 411 g/mol.